The van der Waals surface area contributed by atoms with Gasteiger partial charge in [-0.25, -0.2) is 4.39 Å². The van der Waals surface area contributed by atoms with Gasteiger partial charge in [0.15, 0.2) is 6.54 Å². The van der Waals surface area contributed by atoms with Crippen molar-refractivity contribution in [2.24, 2.45) is 0 Å². The number of likely N-dealkylation sites (N-methyl/N-ethyl adjacent to an activating group) is 1. The quantitative estimate of drug-likeness (QED) is 0.668. The summed E-state index contributed by atoms with van der Waals surface area (Å²) in [6.07, 6.45) is 0. The molecule has 1 amide bonds. The maximum atomic E-state index is 12.9. The van der Waals surface area contributed by atoms with Gasteiger partial charge in [0.25, 0.3) is 5.91 Å². The Hall–Kier alpha value is -2.92. The minimum absolute atomic E-state index is 0.163. The van der Waals surface area contributed by atoms with Crippen LogP contribution in [0, 0.1) is 5.82 Å². The lowest BCUT2D eigenvalue weighted by Crippen LogP contribution is -3.08. The molecule has 128 valence electrons. The highest BCUT2D eigenvalue weighted by atomic mass is 19.1. The van der Waals surface area contributed by atoms with Crippen molar-refractivity contribution >= 4 is 22.4 Å². The molecule has 0 saturated heterocycles. The number of carbonyl (C=O) groups excluding carboxylic acids is 1. The molecule has 0 heterocycles. The molecule has 5 heteroatoms. The molecule has 3 aromatic rings. The number of quaternary nitrogens is 1. The molecule has 25 heavy (non-hydrogen) atoms. The molecule has 0 aromatic heterocycles. The van der Waals surface area contributed by atoms with E-state index in [4.69, 9.17) is 0 Å². The van der Waals surface area contributed by atoms with Crippen molar-refractivity contribution in [1.82, 2.24) is 0 Å². The van der Waals surface area contributed by atoms with E-state index in [-0.39, 0.29) is 24.0 Å². The van der Waals surface area contributed by atoms with E-state index < -0.39 is 0 Å². The Labute approximate surface area is 145 Å². The lowest BCUT2D eigenvalue weighted by Gasteiger charge is -2.16. The minimum Gasteiger partial charge on any atom is -0.507 e. The zero-order valence-electron chi connectivity index (χ0n) is 13.9. The van der Waals surface area contributed by atoms with Gasteiger partial charge in [0.05, 0.1) is 12.6 Å². The van der Waals surface area contributed by atoms with Gasteiger partial charge in [-0.05, 0) is 41.1 Å². The number of benzene rings is 3. The summed E-state index contributed by atoms with van der Waals surface area (Å²) in [7, 11) is 1.89. The number of fused-ring (bicyclic) bond motifs is 1. The van der Waals surface area contributed by atoms with Crippen LogP contribution in [-0.2, 0) is 11.3 Å². The van der Waals surface area contributed by atoms with Crippen molar-refractivity contribution in [3.05, 3.63) is 72.0 Å². The van der Waals surface area contributed by atoms with Gasteiger partial charge in [-0.1, -0.05) is 30.3 Å². The molecular weight excluding hydrogens is 319 g/mol. The van der Waals surface area contributed by atoms with Crippen molar-refractivity contribution in [2.45, 2.75) is 6.54 Å². The molecule has 3 rings (SSSR count). The van der Waals surface area contributed by atoms with Crippen molar-refractivity contribution in [1.29, 1.82) is 0 Å². The first-order valence-corrected chi connectivity index (χ1v) is 8.09. The van der Waals surface area contributed by atoms with Gasteiger partial charge in [0.1, 0.15) is 18.1 Å². The Bertz CT molecular complexity index is 894. The van der Waals surface area contributed by atoms with Gasteiger partial charge in [0, 0.05) is 5.69 Å². The number of hydrogen-bond acceptors (Lipinski definition) is 2. The second-order valence-corrected chi connectivity index (χ2v) is 6.15. The molecule has 0 saturated carbocycles. The van der Waals surface area contributed by atoms with Crippen LogP contribution in [0.1, 0.15) is 5.56 Å². The summed E-state index contributed by atoms with van der Waals surface area (Å²) in [6.45, 7) is 0.754. The third-order valence-electron chi connectivity index (χ3n) is 4.08. The van der Waals surface area contributed by atoms with Crippen molar-refractivity contribution in [3.63, 3.8) is 0 Å². The number of rotatable bonds is 5. The number of amides is 1. The van der Waals surface area contributed by atoms with Gasteiger partial charge in [-0.15, -0.1) is 0 Å². The van der Waals surface area contributed by atoms with E-state index in [1.807, 2.05) is 37.4 Å². The fraction of sp³-hybridized carbons (Fsp3) is 0.150. The minimum atomic E-state index is -0.341. The largest absolute Gasteiger partial charge is 0.507 e. The summed E-state index contributed by atoms with van der Waals surface area (Å²) < 4.78 is 12.9. The molecule has 4 nitrogen and oxygen atoms in total. The molecule has 1 atom stereocenters. The normalized spacial score (nSPS) is 12.1. The average Bonchev–Trinajstić information content (AvgIpc) is 2.59. The van der Waals surface area contributed by atoms with E-state index in [1.165, 1.54) is 24.3 Å². The van der Waals surface area contributed by atoms with Gasteiger partial charge < -0.3 is 15.3 Å². The number of aromatic hydroxyl groups is 1. The highest BCUT2D eigenvalue weighted by molar-refractivity contribution is 5.91. The Balaban J connectivity index is 1.68. The summed E-state index contributed by atoms with van der Waals surface area (Å²) in [5, 5.41) is 15.0. The van der Waals surface area contributed by atoms with E-state index in [9.17, 15) is 14.3 Å². The summed E-state index contributed by atoms with van der Waals surface area (Å²) in [4.78, 5) is 13.1. The average molecular weight is 339 g/mol. The van der Waals surface area contributed by atoms with Gasteiger partial charge in [0.2, 0.25) is 0 Å². The monoisotopic (exact) mass is 339 g/mol. The van der Waals surface area contributed by atoms with Crippen LogP contribution in [0.2, 0.25) is 0 Å². The number of nitrogens with one attached hydrogen (secondary N) is 2. The summed E-state index contributed by atoms with van der Waals surface area (Å²) in [5.41, 5.74) is 1.39. The SMILES string of the molecule is C[NH+](CC(=O)Nc1ccc(F)cc1)Cc1c(O)ccc2ccccc12. The highest BCUT2D eigenvalue weighted by Crippen LogP contribution is 2.26. The maximum Gasteiger partial charge on any atom is 0.279 e. The Morgan fingerprint density at radius 1 is 1.08 bits per heavy atom. The van der Waals surface area contributed by atoms with E-state index in [0.717, 1.165) is 21.2 Å². The van der Waals surface area contributed by atoms with E-state index in [2.05, 4.69) is 5.32 Å². The molecule has 3 aromatic carbocycles. The van der Waals surface area contributed by atoms with Gasteiger partial charge in [-0.3, -0.25) is 4.79 Å². The fourth-order valence-corrected chi connectivity index (χ4v) is 2.89. The molecule has 0 radical (unpaired) electrons. The van der Waals surface area contributed by atoms with E-state index in [0.29, 0.717) is 12.2 Å². The number of anilines is 1. The van der Waals surface area contributed by atoms with E-state index in [1.54, 1.807) is 6.07 Å². The van der Waals surface area contributed by atoms with Crippen LogP contribution in [-0.4, -0.2) is 24.6 Å². The zero-order valence-corrected chi connectivity index (χ0v) is 13.9. The van der Waals surface area contributed by atoms with Gasteiger partial charge >= 0.3 is 0 Å². The van der Waals surface area contributed by atoms with Crippen molar-refractivity contribution in [2.75, 3.05) is 18.9 Å². The predicted octanol–water partition coefficient (Wildman–Crippen LogP) is 2.34. The second kappa shape index (κ2) is 7.32. The van der Waals surface area contributed by atoms with Crippen LogP contribution in [0.3, 0.4) is 0 Å². The van der Waals surface area contributed by atoms with Gasteiger partial charge in [-0.2, -0.15) is 0 Å². The van der Waals surface area contributed by atoms with Crippen LogP contribution >= 0.6 is 0 Å². The van der Waals surface area contributed by atoms with Crippen LogP contribution < -0.4 is 10.2 Å². The van der Waals surface area contributed by atoms with Crippen LogP contribution in [0.25, 0.3) is 10.8 Å². The highest BCUT2D eigenvalue weighted by Gasteiger charge is 2.15. The first-order chi connectivity index (χ1) is 12.0. The third-order valence-corrected chi connectivity index (χ3v) is 4.08. The fourth-order valence-electron chi connectivity index (χ4n) is 2.89. The molecular formula is C20H20FN2O2+. The third kappa shape index (κ3) is 4.14. The van der Waals surface area contributed by atoms with E-state index >= 15 is 0 Å². The molecule has 3 N–H and O–H groups in total. The van der Waals surface area contributed by atoms with Crippen LogP contribution in [0.5, 0.6) is 5.75 Å². The number of hydrogen-bond donors (Lipinski definition) is 3. The second-order valence-electron chi connectivity index (χ2n) is 6.15. The first kappa shape index (κ1) is 16.9. The predicted molar refractivity (Wildman–Crippen MR) is 96.1 cm³/mol. The van der Waals surface area contributed by atoms with Crippen molar-refractivity contribution < 1.29 is 19.2 Å². The maximum absolute atomic E-state index is 12.9. The summed E-state index contributed by atoms with van der Waals surface area (Å²) in [6, 6.07) is 17.1. The molecule has 0 bridgehead atoms. The van der Waals surface area contributed by atoms with Crippen LogP contribution in [0.15, 0.2) is 60.7 Å². The zero-order chi connectivity index (χ0) is 17.8. The molecule has 1 unspecified atom stereocenters. The Morgan fingerprint density at radius 2 is 1.80 bits per heavy atom. The number of phenols is 1. The van der Waals surface area contributed by atoms with Crippen LogP contribution in [0.4, 0.5) is 10.1 Å². The Kier molecular flexibility index (Phi) is 4.95. The summed E-state index contributed by atoms with van der Waals surface area (Å²) in [5.74, 6) is -0.270. The number of halogens is 1. The Morgan fingerprint density at radius 3 is 2.56 bits per heavy atom. The first-order valence-electron chi connectivity index (χ1n) is 8.09. The molecule has 0 aliphatic rings. The summed E-state index contributed by atoms with van der Waals surface area (Å²) >= 11 is 0. The topological polar surface area (TPSA) is 53.8 Å². The number of carbonyl (C=O) groups is 1. The lowest BCUT2D eigenvalue weighted by atomic mass is 10.0. The molecule has 0 aliphatic heterocycles. The smallest absolute Gasteiger partial charge is 0.279 e. The molecule has 0 aliphatic carbocycles. The standard InChI is InChI=1S/C20H19FN2O2/c1-23(13-20(25)22-16-9-7-15(21)8-10-16)12-18-17-5-3-2-4-14(17)6-11-19(18)24/h2-11,24H,12-13H2,1H3,(H,22,25)/p+1. The number of phenolic OH excluding ortho intramolecular Hbond substituents is 1. The lowest BCUT2D eigenvalue weighted by molar-refractivity contribution is -0.885. The molecule has 0 spiro atoms. The van der Waals surface area contributed by atoms with Crippen molar-refractivity contribution in [3.8, 4) is 5.75 Å². The molecule has 0 fully saturated rings.